The molecule has 104 valence electrons. The number of halogens is 3. The molecule has 0 saturated carbocycles. The van der Waals surface area contributed by atoms with Crippen LogP contribution in [0.4, 0.5) is 13.2 Å². The topological polar surface area (TPSA) is 50.2 Å². The minimum absolute atomic E-state index is 0.0485. The lowest BCUT2D eigenvalue weighted by molar-refractivity contribution is -0.137. The lowest BCUT2D eigenvalue weighted by atomic mass is 10.0. The summed E-state index contributed by atoms with van der Waals surface area (Å²) in [6, 6.07) is 7.50. The third-order valence-electron chi connectivity index (χ3n) is 2.77. The first kappa shape index (κ1) is 14.0. The van der Waals surface area contributed by atoms with Gasteiger partial charge in [0.15, 0.2) is 0 Å². The van der Waals surface area contributed by atoms with Gasteiger partial charge in [0.1, 0.15) is 0 Å². The van der Waals surface area contributed by atoms with Gasteiger partial charge in [-0.2, -0.15) is 13.2 Å². The molecular formula is C14H10F3NO2. The average molecular weight is 281 g/mol. The highest BCUT2D eigenvalue weighted by atomic mass is 19.4. The van der Waals surface area contributed by atoms with Crippen molar-refractivity contribution in [2.24, 2.45) is 0 Å². The zero-order valence-corrected chi connectivity index (χ0v) is 10.2. The zero-order valence-electron chi connectivity index (χ0n) is 10.2. The van der Waals surface area contributed by atoms with Crippen molar-refractivity contribution in [3.63, 3.8) is 0 Å². The predicted octanol–water partition coefficient (Wildman–Crippen LogP) is 3.39. The minimum atomic E-state index is -4.38. The fraction of sp³-hybridized carbons (Fsp3) is 0.143. The number of nitrogens with zero attached hydrogens (tertiary/aromatic N) is 1. The van der Waals surface area contributed by atoms with Crippen molar-refractivity contribution in [1.82, 2.24) is 4.98 Å². The van der Waals surface area contributed by atoms with E-state index in [0.29, 0.717) is 11.3 Å². The van der Waals surface area contributed by atoms with Crippen molar-refractivity contribution in [3.8, 4) is 0 Å². The van der Waals surface area contributed by atoms with E-state index >= 15 is 0 Å². The second-order valence-corrected chi connectivity index (χ2v) is 4.17. The second kappa shape index (κ2) is 5.32. The predicted molar refractivity (Wildman–Crippen MR) is 65.4 cm³/mol. The van der Waals surface area contributed by atoms with Crippen molar-refractivity contribution >= 4 is 5.97 Å². The number of hydrogen-bond donors (Lipinski definition) is 1. The molecule has 0 radical (unpaired) electrons. The normalized spacial score (nSPS) is 11.3. The summed E-state index contributed by atoms with van der Waals surface area (Å²) in [5.41, 5.74) is 0.201. The van der Waals surface area contributed by atoms with Crippen LogP contribution in [0.5, 0.6) is 0 Å². The van der Waals surface area contributed by atoms with Crippen LogP contribution in [0, 0.1) is 0 Å². The number of benzene rings is 1. The Kier molecular flexibility index (Phi) is 3.74. The molecule has 1 aromatic carbocycles. The van der Waals surface area contributed by atoms with Gasteiger partial charge in [-0.05, 0) is 29.8 Å². The summed E-state index contributed by atoms with van der Waals surface area (Å²) in [6.45, 7) is 0. The number of hydrogen-bond acceptors (Lipinski definition) is 2. The summed E-state index contributed by atoms with van der Waals surface area (Å²) in [6.07, 6.45) is -2.76. The molecule has 2 aromatic rings. The van der Waals surface area contributed by atoms with E-state index in [-0.39, 0.29) is 12.0 Å². The van der Waals surface area contributed by atoms with Crippen LogP contribution in [0.25, 0.3) is 0 Å². The van der Waals surface area contributed by atoms with E-state index in [2.05, 4.69) is 4.98 Å². The largest absolute Gasteiger partial charge is 0.478 e. The quantitative estimate of drug-likeness (QED) is 0.938. The van der Waals surface area contributed by atoms with Gasteiger partial charge < -0.3 is 5.11 Å². The zero-order chi connectivity index (χ0) is 14.8. The Hall–Kier alpha value is -2.37. The smallest absolute Gasteiger partial charge is 0.416 e. The highest BCUT2D eigenvalue weighted by Gasteiger charge is 2.29. The van der Waals surface area contributed by atoms with Crippen LogP contribution in [0.1, 0.15) is 27.2 Å². The van der Waals surface area contributed by atoms with Crippen LogP contribution < -0.4 is 0 Å². The molecule has 0 amide bonds. The molecule has 2 rings (SSSR count). The molecule has 0 fully saturated rings. The Morgan fingerprint density at radius 3 is 2.35 bits per heavy atom. The Balaban J connectivity index is 2.25. The molecular weight excluding hydrogens is 271 g/mol. The number of alkyl halides is 3. The SMILES string of the molecule is O=C(O)c1cccnc1Cc1ccc(C(F)(F)F)cc1. The maximum absolute atomic E-state index is 12.4. The molecule has 0 atom stereocenters. The summed E-state index contributed by atoms with van der Waals surface area (Å²) in [5.74, 6) is -1.11. The molecule has 0 unspecified atom stereocenters. The fourth-order valence-corrected chi connectivity index (χ4v) is 1.78. The lowest BCUT2D eigenvalue weighted by Crippen LogP contribution is -2.06. The number of carbonyl (C=O) groups is 1. The molecule has 20 heavy (non-hydrogen) atoms. The maximum atomic E-state index is 12.4. The molecule has 6 heteroatoms. The Labute approximate surface area is 112 Å². The molecule has 3 nitrogen and oxygen atoms in total. The summed E-state index contributed by atoms with van der Waals surface area (Å²) in [5, 5.41) is 9.01. The fourth-order valence-electron chi connectivity index (χ4n) is 1.78. The maximum Gasteiger partial charge on any atom is 0.416 e. The van der Waals surface area contributed by atoms with Crippen molar-refractivity contribution in [3.05, 3.63) is 65.0 Å². The van der Waals surface area contributed by atoms with Gasteiger partial charge in [-0.25, -0.2) is 4.79 Å². The first-order valence-electron chi connectivity index (χ1n) is 5.71. The van der Waals surface area contributed by atoms with Crippen molar-refractivity contribution in [1.29, 1.82) is 0 Å². The van der Waals surface area contributed by atoms with E-state index in [1.54, 1.807) is 0 Å². The number of aromatic nitrogens is 1. The number of aromatic carboxylic acids is 1. The third-order valence-corrected chi connectivity index (χ3v) is 2.77. The number of carboxylic acids is 1. The van der Waals surface area contributed by atoms with Gasteiger partial charge in [0.25, 0.3) is 0 Å². The van der Waals surface area contributed by atoms with Crippen LogP contribution in [0.3, 0.4) is 0 Å². The molecule has 0 bridgehead atoms. The van der Waals surface area contributed by atoms with E-state index < -0.39 is 17.7 Å². The third kappa shape index (κ3) is 3.14. The molecule has 1 heterocycles. The standard InChI is InChI=1S/C14H10F3NO2/c15-14(16,17)10-5-3-9(4-6-10)8-12-11(13(19)20)2-1-7-18-12/h1-7H,8H2,(H,19,20). The van der Waals surface area contributed by atoms with Crippen LogP contribution in [-0.4, -0.2) is 16.1 Å². The van der Waals surface area contributed by atoms with Crippen molar-refractivity contribution < 1.29 is 23.1 Å². The van der Waals surface area contributed by atoms with Gasteiger partial charge in [-0.3, -0.25) is 4.98 Å². The van der Waals surface area contributed by atoms with E-state index in [4.69, 9.17) is 5.11 Å². The van der Waals surface area contributed by atoms with E-state index in [0.717, 1.165) is 12.1 Å². The van der Waals surface area contributed by atoms with Gasteiger partial charge in [0.2, 0.25) is 0 Å². The highest BCUT2D eigenvalue weighted by Crippen LogP contribution is 2.29. The minimum Gasteiger partial charge on any atom is -0.478 e. The monoisotopic (exact) mass is 281 g/mol. The average Bonchev–Trinajstić information content (AvgIpc) is 2.38. The molecule has 0 spiro atoms. The summed E-state index contributed by atoms with van der Waals surface area (Å²) in [7, 11) is 0. The second-order valence-electron chi connectivity index (χ2n) is 4.17. The van der Waals surface area contributed by atoms with Gasteiger partial charge in [-0.15, -0.1) is 0 Å². The van der Waals surface area contributed by atoms with Crippen molar-refractivity contribution in [2.45, 2.75) is 12.6 Å². The Bertz CT molecular complexity index is 621. The molecule has 1 aromatic heterocycles. The van der Waals surface area contributed by atoms with E-state index in [9.17, 15) is 18.0 Å². The summed E-state index contributed by atoms with van der Waals surface area (Å²) in [4.78, 5) is 15.0. The van der Waals surface area contributed by atoms with Crippen LogP contribution >= 0.6 is 0 Å². The summed E-state index contributed by atoms with van der Waals surface area (Å²) < 4.78 is 37.3. The molecule has 1 N–H and O–H groups in total. The van der Waals surface area contributed by atoms with Crippen LogP contribution in [-0.2, 0) is 12.6 Å². The molecule has 0 aliphatic heterocycles. The highest BCUT2D eigenvalue weighted by molar-refractivity contribution is 5.88. The first-order chi connectivity index (χ1) is 9.38. The van der Waals surface area contributed by atoms with Crippen molar-refractivity contribution in [2.75, 3.05) is 0 Å². The summed E-state index contributed by atoms with van der Waals surface area (Å²) >= 11 is 0. The number of carboxylic acid groups (broad SMARTS) is 1. The Morgan fingerprint density at radius 2 is 1.80 bits per heavy atom. The van der Waals surface area contributed by atoms with E-state index in [1.807, 2.05) is 0 Å². The number of rotatable bonds is 3. The molecule has 0 aliphatic rings. The Morgan fingerprint density at radius 1 is 1.15 bits per heavy atom. The van der Waals surface area contributed by atoms with Crippen LogP contribution in [0.15, 0.2) is 42.6 Å². The van der Waals surface area contributed by atoms with Gasteiger partial charge in [0, 0.05) is 12.6 Å². The first-order valence-corrected chi connectivity index (χ1v) is 5.71. The lowest BCUT2D eigenvalue weighted by Gasteiger charge is -2.08. The molecule has 0 saturated heterocycles. The van der Waals surface area contributed by atoms with Gasteiger partial charge in [0.05, 0.1) is 16.8 Å². The van der Waals surface area contributed by atoms with Gasteiger partial charge >= 0.3 is 12.1 Å². The van der Waals surface area contributed by atoms with E-state index in [1.165, 1.54) is 30.5 Å². The number of pyridine rings is 1. The molecule has 0 aliphatic carbocycles. The van der Waals surface area contributed by atoms with Crippen LogP contribution in [0.2, 0.25) is 0 Å². The van der Waals surface area contributed by atoms with Gasteiger partial charge in [-0.1, -0.05) is 12.1 Å².